The van der Waals surface area contributed by atoms with Crippen LogP contribution < -0.4 is 4.89 Å². The van der Waals surface area contributed by atoms with Crippen molar-refractivity contribution in [2.45, 2.75) is 148 Å². The number of quaternary nitrogens is 1. The van der Waals surface area contributed by atoms with Crippen LogP contribution in [0.5, 0.6) is 0 Å². The van der Waals surface area contributed by atoms with E-state index < -0.39 is 51.3 Å². The average Bonchev–Trinajstić information content (AvgIpc) is 3.22. The van der Waals surface area contributed by atoms with Gasteiger partial charge in [0.2, 0.25) is 0 Å². The smallest absolute Gasteiger partial charge is 0.306 e. The largest absolute Gasteiger partial charge is 0.756 e. The topological polar surface area (TPSA) is 152 Å². The fourth-order valence-electron chi connectivity index (χ4n) is 5.31. The number of carbonyl (C=O) groups excluding carboxylic acids is 2. The van der Waals surface area contributed by atoms with Crippen LogP contribution in [0, 0.1) is 0 Å². The van der Waals surface area contributed by atoms with E-state index in [-0.39, 0.29) is 38.7 Å². The van der Waals surface area contributed by atoms with Crippen molar-refractivity contribution in [2.24, 2.45) is 0 Å². The fourth-order valence-corrected chi connectivity index (χ4v) is 6.04. The summed E-state index contributed by atoms with van der Waals surface area (Å²) in [5.74, 6) is -1.23. The van der Waals surface area contributed by atoms with Crippen molar-refractivity contribution in [1.82, 2.24) is 0 Å². The molecule has 12 heteroatoms. The summed E-state index contributed by atoms with van der Waals surface area (Å²) >= 11 is 0. The Balaban J connectivity index is 4.72. The summed E-state index contributed by atoms with van der Waals surface area (Å²) in [5.41, 5.74) is 0. The molecule has 0 spiro atoms. The van der Waals surface area contributed by atoms with Crippen LogP contribution in [0.2, 0.25) is 0 Å². The van der Waals surface area contributed by atoms with Gasteiger partial charge in [0.05, 0.1) is 40.0 Å². The average molecular weight is 888 g/mol. The van der Waals surface area contributed by atoms with Gasteiger partial charge in [0.15, 0.2) is 6.10 Å². The van der Waals surface area contributed by atoms with Gasteiger partial charge in [-0.1, -0.05) is 136 Å². The fraction of sp³-hybridized carbons (Fsp3) is 0.600. The van der Waals surface area contributed by atoms with Gasteiger partial charge in [-0.25, -0.2) is 0 Å². The van der Waals surface area contributed by atoms with Gasteiger partial charge >= 0.3 is 11.9 Å². The Morgan fingerprint density at radius 2 is 1.10 bits per heavy atom. The van der Waals surface area contributed by atoms with Crippen molar-refractivity contribution in [3.05, 3.63) is 109 Å². The predicted octanol–water partition coefficient (Wildman–Crippen LogP) is 10.4. The molecule has 0 aromatic carbocycles. The van der Waals surface area contributed by atoms with Crippen LogP contribution >= 0.6 is 7.82 Å². The van der Waals surface area contributed by atoms with E-state index in [9.17, 15) is 29.3 Å². The number of hydrogen-bond donors (Lipinski definition) is 2. The number of phosphoric ester groups is 1. The van der Waals surface area contributed by atoms with Crippen LogP contribution in [0.1, 0.15) is 129 Å². The summed E-state index contributed by atoms with van der Waals surface area (Å²) in [4.78, 5) is 37.6. The van der Waals surface area contributed by atoms with Gasteiger partial charge in [0.1, 0.15) is 19.8 Å². The molecular weight excluding hydrogens is 806 g/mol. The van der Waals surface area contributed by atoms with E-state index in [1.54, 1.807) is 0 Å². The maximum Gasteiger partial charge on any atom is 0.306 e. The molecule has 0 heterocycles. The summed E-state index contributed by atoms with van der Waals surface area (Å²) in [7, 11) is 0.945. The van der Waals surface area contributed by atoms with Crippen molar-refractivity contribution in [3.8, 4) is 0 Å². The zero-order valence-electron chi connectivity index (χ0n) is 38.7. The maximum absolute atomic E-state index is 12.7. The lowest BCUT2D eigenvalue weighted by Gasteiger charge is -2.28. The summed E-state index contributed by atoms with van der Waals surface area (Å²) in [5, 5.41) is 20.7. The SMILES string of the molecule is CC/C=C\C/C=C\C/C=C\C/C=C\C[C@H](O)[C@@H](O)CCCC(=O)OC[C@H](COP(=O)([O-])OCC[N+](C)(C)C)OC(=O)CC/C=C\C/C=C\C/C=C\C/C=C\C/C=C\CCCCC. The van der Waals surface area contributed by atoms with Gasteiger partial charge in [-0.3, -0.25) is 14.2 Å². The molecule has 0 amide bonds. The van der Waals surface area contributed by atoms with Crippen molar-refractivity contribution in [3.63, 3.8) is 0 Å². The molecule has 62 heavy (non-hydrogen) atoms. The molecule has 0 aromatic heterocycles. The quantitative estimate of drug-likeness (QED) is 0.0201. The van der Waals surface area contributed by atoms with Crippen LogP contribution in [-0.2, 0) is 32.7 Å². The highest BCUT2D eigenvalue weighted by Gasteiger charge is 2.22. The van der Waals surface area contributed by atoms with E-state index in [4.69, 9.17) is 18.5 Å². The second-order valence-corrected chi connectivity index (χ2v) is 17.4. The number of aliphatic hydroxyl groups is 2. The molecule has 2 N–H and O–H groups in total. The second kappa shape index (κ2) is 40.4. The molecule has 11 nitrogen and oxygen atoms in total. The highest BCUT2D eigenvalue weighted by Crippen LogP contribution is 2.38. The van der Waals surface area contributed by atoms with E-state index in [1.807, 2.05) is 51.5 Å². The minimum atomic E-state index is -4.72. The lowest BCUT2D eigenvalue weighted by Crippen LogP contribution is -2.37. The van der Waals surface area contributed by atoms with E-state index in [0.717, 1.165) is 51.4 Å². The monoisotopic (exact) mass is 888 g/mol. The Kier molecular flexibility index (Phi) is 38.1. The second-order valence-electron chi connectivity index (χ2n) is 16.0. The number of likely N-dealkylation sites (N-methyl/N-ethyl adjacent to an activating group) is 1. The number of carbonyl (C=O) groups is 2. The lowest BCUT2D eigenvalue weighted by molar-refractivity contribution is -0.870. The summed E-state index contributed by atoms with van der Waals surface area (Å²) < 4.78 is 33.6. The molecule has 0 aromatic rings. The number of rotatable bonds is 39. The summed E-state index contributed by atoms with van der Waals surface area (Å²) in [6.45, 7) is 3.63. The molecule has 4 atom stereocenters. The molecule has 0 saturated carbocycles. The van der Waals surface area contributed by atoms with E-state index in [2.05, 4.69) is 92.8 Å². The summed E-state index contributed by atoms with van der Waals surface area (Å²) in [6.07, 6.45) is 47.4. The van der Waals surface area contributed by atoms with E-state index in [0.29, 0.717) is 23.9 Å². The van der Waals surface area contributed by atoms with Crippen LogP contribution in [-0.4, -0.2) is 92.5 Å². The van der Waals surface area contributed by atoms with Crippen molar-refractivity contribution >= 4 is 19.8 Å². The molecule has 0 saturated heterocycles. The Morgan fingerprint density at radius 1 is 0.597 bits per heavy atom. The number of phosphoric acid groups is 1. The standard InChI is InChI=1S/C50H82NO10P/c1-6-8-10-12-14-16-18-20-21-22-23-24-25-26-28-30-32-34-36-40-50(55)61-46(45-60-62(56,57)59-43-42-51(3,4)5)44-58-49(54)41-37-39-48(53)47(52)38-35-33-31-29-27-19-17-15-13-11-9-7-2/h9,11,14-17,20-21,23-24,26-29,32-35,46-48,52-53H,6-8,10,12-13,18-19,22,25,30-31,36-45H2,1-5H3/b11-9-,16-14-,17-15-,21-20-,24-23-,28-26-,29-27-,34-32-,35-33-/t46-,47+,48+/m1/s1. The number of ether oxygens (including phenoxy) is 2. The molecule has 352 valence electrons. The number of aliphatic hydroxyl groups excluding tert-OH is 2. The van der Waals surface area contributed by atoms with Crippen molar-refractivity contribution in [1.29, 1.82) is 0 Å². The van der Waals surface area contributed by atoms with Crippen LogP contribution in [0.3, 0.4) is 0 Å². The molecule has 0 rings (SSSR count). The molecule has 1 unspecified atom stereocenters. The van der Waals surface area contributed by atoms with E-state index >= 15 is 0 Å². The molecule has 0 aliphatic rings. The highest BCUT2D eigenvalue weighted by atomic mass is 31.2. The molecule has 0 fully saturated rings. The Morgan fingerprint density at radius 3 is 1.61 bits per heavy atom. The van der Waals surface area contributed by atoms with Crippen LogP contribution in [0.25, 0.3) is 0 Å². The van der Waals surface area contributed by atoms with Gasteiger partial charge in [0.25, 0.3) is 7.82 Å². The third kappa shape index (κ3) is 41.9. The molecular formula is C50H82NO10P. The van der Waals surface area contributed by atoms with Gasteiger partial charge in [-0.15, -0.1) is 0 Å². The van der Waals surface area contributed by atoms with Crippen LogP contribution in [0.4, 0.5) is 0 Å². The first-order valence-corrected chi connectivity index (χ1v) is 24.2. The predicted molar refractivity (Wildman–Crippen MR) is 252 cm³/mol. The normalized spacial score (nSPS) is 15.5. The lowest BCUT2D eigenvalue weighted by atomic mass is 10.0. The van der Waals surface area contributed by atoms with Gasteiger partial charge in [-0.05, 0) is 89.9 Å². The van der Waals surface area contributed by atoms with Gasteiger partial charge < -0.3 is 38.1 Å². The summed E-state index contributed by atoms with van der Waals surface area (Å²) in [6, 6.07) is 0. The minimum Gasteiger partial charge on any atom is -0.756 e. The Hall–Kier alpha value is -3.41. The molecule has 0 aliphatic heterocycles. The maximum atomic E-state index is 12.7. The molecule has 0 radical (unpaired) electrons. The zero-order chi connectivity index (χ0) is 46.0. The number of esters is 2. The first-order valence-electron chi connectivity index (χ1n) is 22.8. The Labute approximate surface area is 375 Å². The number of hydrogen-bond acceptors (Lipinski definition) is 10. The highest BCUT2D eigenvalue weighted by molar-refractivity contribution is 7.45. The van der Waals surface area contributed by atoms with Crippen molar-refractivity contribution in [2.75, 3.05) is 47.5 Å². The number of unbranched alkanes of at least 4 members (excludes halogenated alkanes) is 3. The number of allylic oxidation sites excluding steroid dienone is 17. The first kappa shape index (κ1) is 58.6. The van der Waals surface area contributed by atoms with E-state index in [1.165, 1.54) is 19.3 Å². The molecule has 0 bridgehead atoms. The third-order valence-electron chi connectivity index (χ3n) is 8.99. The zero-order valence-corrected chi connectivity index (χ0v) is 39.6. The molecule has 0 aliphatic carbocycles. The van der Waals surface area contributed by atoms with Crippen LogP contribution in [0.15, 0.2) is 109 Å². The first-order chi connectivity index (χ1) is 29.8. The Bertz CT molecular complexity index is 1450. The number of nitrogens with zero attached hydrogens (tertiary/aromatic N) is 1. The van der Waals surface area contributed by atoms with Crippen molar-refractivity contribution < 1.29 is 52.3 Å². The van der Waals surface area contributed by atoms with Gasteiger partial charge in [-0.2, -0.15) is 0 Å². The minimum absolute atomic E-state index is 0.0335. The third-order valence-corrected chi connectivity index (χ3v) is 9.96. The van der Waals surface area contributed by atoms with Gasteiger partial charge in [0, 0.05) is 12.8 Å².